The third-order valence-corrected chi connectivity index (χ3v) is 5.34. The van der Waals surface area contributed by atoms with E-state index >= 15 is 0 Å². The molecule has 32 heavy (non-hydrogen) atoms. The highest BCUT2D eigenvalue weighted by Crippen LogP contribution is 2.34. The molecule has 0 saturated heterocycles. The van der Waals surface area contributed by atoms with Crippen LogP contribution in [0.2, 0.25) is 10.0 Å². The van der Waals surface area contributed by atoms with Gasteiger partial charge in [-0.05, 0) is 45.0 Å². The summed E-state index contributed by atoms with van der Waals surface area (Å²) in [6, 6.07) is 9.20. The maximum absolute atomic E-state index is 13.0. The van der Waals surface area contributed by atoms with Crippen molar-refractivity contribution in [3.05, 3.63) is 81.6 Å². The van der Waals surface area contributed by atoms with E-state index in [9.17, 15) is 13.2 Å². The minimum Gasteiger partial charge on any atom is -0.233 e. The third kappa shape index (κ3) is 4.35. The molecule has 0 aromatic carbocycles. The van der Waals surface area contributed by atoms with Crippen LogP contribution in [0.4, 0.5) is 13.2 Å². The third-order valence-electron chi connectivity index (χ3n) is 4.91. The number of aromatic nitrogens is 6. The van der Waals surface area contributed by atoms with Crippen molar-refractivity contribution in [2.75, 3.05) is 0 Å². The smallest absolute Gasteiger partial charge is 0.233 e. The molecule has 0 spiro atoms. The molecule has 0 aliphatic carbocycles. The van der Waals surface area contributed by atoms with Gasteiger partial charge in [0, 0.05) is 40.0 Å². The van der Waals surface area contributed by atoms with Crippen LogP contribution in [-0.2, 0) is 11.6 Å². The first-order chi connectivity index (χ1) is 14.9. The van der Waals surface area contributed by atoms with Gasteiger partial charge in [-0.25, -0.2) is 19.3 Å². The van der Waals surface area contributed by atoms with E-state index in [1.54, 1.807) is 29.1 Å². The first-order valence-corrected chi connectivity index (χ1v) is 10.2. The molecule has 6 nitrogen and oxygen atoms in total. The fraction of sp³-hybridized carbons (Fsp3) is 0.238. The van der Waals surface area contributed by atoms with Crippen LogP contribution in [0, 0.1) is 6.92 Å². The van der Waals surface area contributed by atoms with Crippen LogP contribution in [0.1, 0.15) is 36.6 Å². The number of aryl methyl sites for hydroxylation is 1. The molecule has 4 rings (SSSR count). The number of alkyl halides is 3. The lowest BCUT2D eigenvalue weighted by molar-refractivity contribution is -0.141. The van der Waals surface area contributed by atoms with Crippen molar-refractivity contribution >= 4 is 23.2 Å². The van der Waals surface area contributed by atoms with E-state index < -0.39 is 17.3 Å². The molecule has 11 heteroatoms. The normalized spacial score (nSPS) is 12.4. The fourth-order valence-corrected chi connectivity index (χ4v) is 3.52. The molecule has 4 aromatic heterocycles. The van der Waals surface area contributed by atoms with Crippen LogP contribution >= 0.6 is 23.2 Å². The van der Waals surface area contributed by atoms with Crippen LogP contribution in [0.3, 0.4) is 0 Å². The molecule has 0 aliphatic rings. The first-order valence-electron chi connectivity index (χ1n) is 9.45. The van der Waals surface area contributed by atoms with Crippen molar-refractivity contribution in [1.29, 1.82) is 0 Å². The van der Waals surface area contributed by atoms with Gasteiger partial charge >= 0.3 is 6.18 Å². The van der Waals surface area contributed by atoms with Gasteiger partial charge < -0.3 is 0 Å². The minimum atomic E-state index is -4.56. The van der Waals surface area contributed by atoms with Crippen LogP contribution < -0.4 is 0 Å². The van der Waals surface area contributed by atoms with Gasteiger partial charge in [-0.1, -0.05) is 23.2 Å². The summed E-state index contributed by atoms with van der Waals surface area (Å²) in [4.78, 5) is 9.22. The summed E-state index contributed by atoms with van der Waals surface area (Å²) in [5.74, 6) is 0.679. The van der Waals surface area contributed by atoms with Gasteiger partial charge in [0.2, 0.25) is 0 Å². The Morgan fingerprint density at radius 1 is 0.750 bits per heavy atom. The molecule has 0 radical (unpaired) electrons. The molecule has 0 atom stereocenters. The number of hydrogen-bond acceptors (Lipinski definition) is 4. The summed E-state index contributed by atoms with van der Waals surface area (Å²) in [6.07, 6.45) is -1.59. The van der Waals surface area contributed by atoms with Gasteiger partial charge in [0.15, 0.2) is 17.3 Å². The zero-order chi connectivity index (χ0) is 23.3. The van der Waals surface area contributed by atoms with E-state index in [1.165, 1.54) is 12.3 Å². The topological polar surface area (TPSA) is 61.4 Å². The summed E-state index contributed by atoms with van der Waals surface area (Å²) in [5.41, 5.74) is 0.0929. The SMILES string of the molecule is Cc1ccn(-c2cc(Cl)cc(C(C)(C)c3cc(Cl)cc(-n4ccc(C(F)(F)F)n4)n3)n2)n1. The van der Waals surface area contributed by atoms with Gasteiger partial charge in [-0.2, -0.15) is 23.4 Å². The van der Waals surface area contributed by atoms with Gasteiger partial charge in [0.05, 0.1) is 17.1 Å². The number of halogens is 5. The molecule has 0 amide bonds. The van der Waals surface area contributed by atoms with Crippen LogP contribution in [0.5, 0.6) is 0 Å². The summed E-state index contributed by atoms with van der Waals surface area (Å²) >= 11 is 12.6. The number of hydrogen-bond donors (Lipinski definition) is 0. The van der Waals surface area contributed by atoms with Crippen LogP contribution in [-0.4, -0.2) is 29.5 Å². The second-order valence-corrected chi connectivity index (χ2v) is 8.60. The summed E-state index contributed by atoms with van der Waals surface area (Å²) < 4.78 is 41.5. The Bertz CT molecular complexity index is 1290. The molecule has 0 unspecified atom stereocenters. The predicted octanol–water partition coefficient (Wildman–Crippen LogP) is 5.81. The Morgan fingerprint density at radius 3 is 1.69 bits per heavy atom. The van der Waals surface area contributed by atoms with Crippen molar-refractivity contribution in [2.45, 2.75) is 32.4 Å². The van der Waals surface area contributed by atoms with E-state index in [0.29, 0.717) is 27.3 Å². The highest BCUT2D eigenvalue weighted by Gasteiger charge is 2.34. The van der Waals surface area contributed by atoms with Gasteiger partial charge in [-0.3, -0.25) is 0 Å². The molecule has 4 aromatic rings. The lowest BCUT2D eigenvalue weighted by atomic mass is 9.84. The second kappa shape index (κ2) is 7.90. The quantitative estimate of drug-likeness (QED) is 0.369. The maximum atomic E-state index is 13.0. The maximum Gasteiger partial charge on any atom is 0.435 e. The van der Waals surface area contributed by atoms with Crippen molar-refractivity contribution < 1.29 is 13.2 Å². The van der Waals surface area contributed by atoms with Gasteiger partial charge in [-0.15, -0.1) is 0 Å². The largest absolute Gasteiger partial charge is 0.435 e. The predicted molar refractivity (Wildman–Crippen MR) is 115 cm³/mol. The van der Waals surface area contributed by atoms with Gasteiger partial charge in [0.1, 0.15) is 0 Å². The average Bonchev–Trinajstić information content (AvgIpc) is 3.36. The Labute approximate surface area is 191 Å². The van der Waals surface area contributed by atoms with Crippen molar-refractivity contribution in [3.8, 4) is 11.6 Å². The molecule has 0 bridgehead atoms. The first kappa shape index (κ1) is 22.3. The van der Waals surface area contributed by atoms with E-state index in [-0.39, 0.29) is 5.82 Å². The van der Waals surface area contributed by atoms with Crippen LogP contribution in [0.25, 0.3) is 11.6 Å². The number of rotatable bonds is 4. The standard InChI is InChI=1S/C21H17Cl2F3N6/c1-12-4-6-31(29-12)18-10-13(22)8-16(27-18)20(2,3)17-9-14(23)11-19(28-17)32-7-5-15(30-32)21(24,25)26/h4-11H,1-3H3. The molecular formula is C21H17Cl2F3N6. The summed E-state index contributed by atoms with van der Waals surface area (Å²) in [5, 5.41) is 8.70. The fourth-order valence-electron chi connectivity index (χ4n) is 3.12. The lowest BCUT2D eigenvalue weighted by Crippen LogP contribution is -2.24. The van der Waals surface area contributed by atoms with E-state index in [4.69, 9.17) is 28.2 Å². The highest BCUT2D eigenvalue weighted by molar-refractivity contribution is 6.31. The monoisotopic (exact) mass is 480 g/mol. The summed E-state index contributed by atoms with van der Waals surface area (Å²) in [7, 11) is 0. The number of pyridine rings is 2. The lowest BCUT2D eigenvalue weighted by Gasteiger charge is -2.25. The Kier molecular flexibility index (Phi) is 5.50. The van der Waals surface area contributed by atoms with Gasteiger partial charge in [0.25, 0.3) is 0 Å². The van der Waals surface area contributed by atoms with Crippen LogP contribution in [0.15, 0.2) is 48.8 Å². The molecule has 0 fully saturated rings. The Morgan fingerprint density at radius 2 is 1.25 bits per heavy atom. The molecule has 0 aliphatic heterocycles. The zero-order valence-electron chi connectivity index (χ0n) is 17.2. The van der Waals surface area contributed by atoms with E-state index in [2.05, 4.69) is 15.2 Å². The molecule has 0 saturated carbocycles. The summed E-state index contributed by atoms with van der Waals surface area (Å²) in [6.45, 7) is 5.61. The number of nitrogens with zero attached hydrogens (tertiary/aromatic N) is 6. The minimum absolute atomic E-state index is 0.154. The van der Waals surface area contributed by atoms with E-state index in [1.807, 2.05) is 26.8 Å². The second-order valence-electron chi connectivity index (χ2n) is 7.73. The van der Waals surface area contributed by atoms with E-state index in [0.717, 1.165) is 16.4 Å². The molecule has 0 N–H and O–H groups in total. The van der Waals surface area contributed by atoms with Crippen molar-refractivity contribution in [3.63, 3.8) is 0 Å². The zero-order valence-corrected chi connectivity index (χ0v) is 18.7. The average molecular weight is 481 g/mol. The Balaban J connectivity index is 1.78. The Hall–Kier alpha value is -2.91. The highest BCUT2D eigenvalue weighted by atomic mass is 35.5. The van der Waals surface area contributed by atoms with Crippen molar-refractivity contribution in [2.24, 2.45) is 0 Å². The van der Waals surface area contributed by atoms with Crippen molar-refractivity contribution in [1.82, 2.24) is 29.5 Å². The molecule has 4 heterocycles. The molecular weight excluding hydrogens is 464 g/mol. The molecule has 166 valence electrons.